The van der Waals surface area contributed by atoms with Gasteiger partial charge in [-0.1, -0.05) is 31.9 Å². The van der Waals surface area contributed by atoms with Crippen LogP contribution in [0.15, 0.2) is 29.1 Å². The van der Waals surface area contributed by atoms with Gasteiger partial charge < -0.3 is 0 Å². The van der Waals surface area contributed by atoms with Crippen LogP contribution in [-0.4, -0.2) is 27.5 Å². The second kappa shape index (κ2) is 6.61. The number of likely N-dealkylation sites (tertiary alicyclic amines) is 1. The maximum Gasteiger partial charge on any atom is 0.261 e. The van der Waals surface area contributed by atoms with Gasteiger partial charge in [0.05, 0.1) is 16.9 Å². The molecule has 3 rings (SSSR count). The Morgan fingerprint density at radius 2 is 1.91 bits per heavy atom. The van der Waals surface area contributed by atoms with Gasteiger partial charge in [0.2, 0.25) is 0 Å². The molecule has 0 saturated carbocycles. The van der Waals surface area contributed by atoms with E-state index in [1.807, 2.05) is 31.3 Å². The molecule has 0 N–H and O–H groups in total. The molecule has 1 unspecified atom stereocenters. The van der Waals surface area contributed by atoms with Gasteiger partial charge in [-0.05, 0) is 44.5 Å². The first kappa shape index (κ1) is 15.2. The quantitative estimate of drug-likeness (QED) is 0.869. The fourth-order valence-electron chi connectivity index (χ4n) is 3.51. The second-order valence-electron chi connectivity index (χ2n) is 6.25. The molecule has 2 heterocycles. The van der Waals surface area contributed by atoms with Crippen LogP contribution in [0.25, 0.3) is 10.9 Å². The predicted molar refractivity (Wildman–Crippen MR) is 90.1 cm³/mol. The Labute approximate surface area is 131 Å². The SMILES string of the molecule is CCCC(c1nc2ccccc2c(=O)n1C)N1CCCCC1. The zero-order valence-electron chi connectivity index (χ0n) is 13.6. The molecule has 0 bridgehead atoms. The second-order valence-corrected chi connectivity index (χ2v) is 6.25. The van der Waals surface area contributed by atoms with Crippen molar-refractivity contribution < 1.29 is 0 Å². The molecule has 1 atom stereocenters. The smallest absolute Gasteiger partial charge is 0.261 e. The largest absolute Gasteiger partial charge is 0.298 e. The maximum absolute atomic E-state index is 12.6. The summed E-state index contributed by atoms with van der Waals surface area (Å²) in [5.41, 5.74) is 0.887. The third kappa shape index (κ3) is 2.80. The summed E-state index contributed by atoms with van der Waals surface area (Å²) in [6.07, 6.45) is 5.98. The fourth-order valence-corrected chi connectivity index (χ4v) is 3.51. The van der Waals surface area contributed by atoms with E-state index in [0.717, 1.165) is 37.3 Å². The van der Waals surface area contributed by atoms with Crippen molar-refractivity contribution in [3.05, 3.63) is 40.4 Å². The molecule has 1 aromatic heterocycles. The van der Waals surface area contributed by atoms with Crippen LogP contribution in [0, 0.1) is 0 Å². The fraction of sp³-hybridized carbons (Fsp3) is 0.556. The van der Waals surface area contributed by atoms with Crippen molar-refractivity contribution in [1.82, 2.24) is 14.5 Å². The standard InChI is InChI=1S/C18H25N3O/c1-3-9-16(21-12-7-4-8-13-21)17-19-15-11-6-5-10-14(15)18(22)20(17)2/h5-6,10-11,16H,3-4,7-9,12-13H2,1-2H3. The molecule has 1 fully saturated rings. The van der Waals surface area contributed by atoms with Crippen molar-refractivity contribution >= 4 is 10.9 Å². The Bertz CT molecular complexity index is 701. The number of aromatic nitrogens is 2. The van der Waals surface area contributed by atoms with E-state index >= 15 is 0 Å². The lowest BCUT2D eigenvalue weighted by Gasteiger charge is -2.34. The molecule has 0 radical (unpaired) electrons. The van der Waals surface area contributed by atoms with Gasteiger partial charge in [0.1, 0.15) is 5.82 Å². The molecule has 118 valence electrons. The molecule has 1 aromatic carbocycles. The number of hydrogen-bond donors (Lipinski definition) is 0. The van der Waals surface area contributed by atoms with Crippen LogP contribution in [-0.2, 0) is 7.05 Å². The lowest BCUT2D eigenvalue weighted by molar-refractivity contribution is 0.145. The number of benzene rings is 1. The molecule has 1 saturated heterocycles. The van der Waals surface area contributed by atoms with E-state index in [4.69, 9.17) is 4.98 Å². The van der Waals surface area contributed by atoms with Crippen LogP contribution in [0.4, 0.5) is 0 Å². The molecule has 0 amide bonds. The lowest BCUT2D eigenvalue weighted by atomic mass is 10.0. The summed E-state index contributed by atoms with van der Waals surface area (Å²) in [5.74, 6) is 0.924. The van der Waals surface area contributed by atoms with Crippen molar-refractivity contribution in [2.45, 2.75) is 45.1 Å². The Kier molecular flexibility index (Phi) is 4.57. The average molecular weight is 299 g/mol. The lowest BCUT2D eigenvalue weighted by Crippen LogP contribution is -2.37. The highest BCUT2D eigenvalue weighted by atomic mass is 16.1. The normalized spacial score (nSPS) is 17.7. The summed E-state index contributed by atoms with van der Waals surface area (Å²) >= 11 is 0. The molecular weight excluding hydrogens is 274 g/mol. The van der Waals surface area contributed by atoms with Gasteiger partial charge in [0.25, 0.3) is 5.56 Å². The van der Waals surface area contributed by atoms with Crippen LogP contribution in [0.1, 0.15) is 50.9 Å². The highest BCUT2D eigenvalue weighted by Crippen LogP contribution is 2.27. The average Bonchev–Trinajstić information content (AvgIpc) is 2.57. The molecule has 22 heavy (non-hydrogen) atoms. The first-order chi connectivity index (χ1) is 10.7. The predicted octanol–water partition coefficient (Wildman–Crippen LogP) is 3.26. The van der Waals surface area contributed by atoms with E-state index in [1.54, 1.807) is 4.57 Å². The number of rotatable bonds is 4. The topological polar surface area (TPSA) is 38.1 Å². The summed E-state index contributed by atoms with van der Waals surface area (Å²) < 4.78 is 1.76. The number of para-hydroxylation sites is 1. The zero-order chi connectivity index (χ0) is 15.5. The highest BCUT2D eigenvalue weighted by molar-refractivity contribution is 5.77. The van der Waals surface area contributed by atoms with E-state index in [9.17, 15) is 4.79 Å². The van der Waals surface area contributed by atoms with Gasteiger partial charge >= 0.3 is 0 Å². The van der Waals surface area contributed by atoms with Crippen molar-refractivity contribution in [2.75, 3.05) is 13.1 Å². The molecule has 0 spiro atoms. The summed E-state index contributed by atoms with van der Waals surface area (Å²) in [4.78, 5) is 20.0. The van der Waals surface area contributed by atoms with Gasteiger partial charge in [-0.15, -0.1) is 0 Å². The number of hydrogen-bond acceptors (Lipinski definition) is 3. The summed E-state index contributed by atoms with van der Waals surface area (Å²) in [5, 5.41) is 0.711. The number of piperidine rings is 1. The number of nitrogens with zero attached hydrogens (tertiary/aromatic N) is 3. The van der Waals surface area contributed by atoms with Crippen molar-refractivity contribution in [1.29, 1.82) is 0 Å². The van der Waals surface area contributed by atoms with E-state index in [2.05, 4.69) is 11.8 Å². The molecule has 2 aromatic rings. The minimum atomic E-state index is 0.0683. The minimum Gasteiger partial charge on any atom is -0.298 e. The van der Waals surface area contributed by atoms with E-state index in [-0.39, 0.29) is 11.6 Å². The first-order valence-electron chi connectivity index (χ1n) is 8.42. The van der Waals surface area contributed by atoms with E-state index < -0.39 is 0 Å². The van der Waals surface area contributed by atoms with Crippen LogP contribution < -0.4 is 5.56 Å². The molecule has 4 heteroatoms. The third-order valence-electron chi connectivity index (χ3n) is 4.71. The Morgan fingerprint density at radius 3 is 2.64 bits per heavy atom. The zero-order valence-corrected chi connectivity index (χ0v) is 13.6. The molecule has 1 aliphatic rings. The van der Waals surface area contributed by atoms with Crippen LogP contribution in [0.3, 0.4) is 0 Å². The van der Waals surface area contributed by atoms with Gasteiger partial charge in [0, 0.05) is 7.05 Å². The van der Waals surface area contributed by atoms with Gasteiger partial charge in [0.15, 0.2) is 0 Å². The van der Waals surface area contributed by atoms with E-state index in [1.165, 1.54) is 19.3 Å². The Morgan fingerprint density at radius 1 is 1.18 bits per heavy atom. The third-order valence-corrected chi connectivity index (χ3v) is 4.71. The Balaban J connectivity index is 2.08. The molecule has 4 nitrogen and oxygen atoms in total. The Hall–Kier alpha value is -1.68. The summed E-state index contributed by atoms with van der Waals surface area (Å²) in [7, 11) is 1.86. The molecule has 1 aliphatic heterocycles. The maximum atomic E-state index is 12.6. The molecular formula is C18H25N3O. The van der Waals surface area contributed by atoms with Crippen LogP contribution >= 0.6 is 0 Å². The van der Waals surface area contributed by atoms with Crippen molar-refractivity contribution in [3.8, 4) is 0 Å². The minimum absolute atomic E-state index is 0.0683. The monoisotopic (exact) mass is 299 g/mol. The summed E-state index contributed by atoms with van der Waals surface area (Å²) in [6.45, 7) is 4.44. The van der Waals surface area contributed by atoms with Crippen molar-refractivity contribution in [3.63, 3.8) is 0 Å². The van der Waals surface area contributed by atoms with Crippen LogP contribution in [0.2, 0.25) is 0 Å². The highest BCUT2D eigenvalue weighted by Gasteiger charge is 2.25. The van der Waals surface area contributed by atoms with Gasteiger partial charge in [-0.2, -0.15) is 0 Å². The van der Waals surface area contributed by atoms with E-state index in [0.29, 0.717) is 5.39 Å². The van der Waals surface area contributed by atoms with Gasteiger partial charge in [-0.25, -0.2) is 4.98 Å². The molecule has 0 aliphatic carbocycles. The van der Waals surface area contributed by atoms with Crippen molar-refractivity contribution in [2.24, 2.45) is 7.05 Å². The number of fused-ring (bicyclic) bond motifs is 1. The van der Waals surface area contributed by atoms with Gasteiger partial charge in [-0.3, -0.25) is 14.3 Å². The van der Waals surface area contributed by atoms with Crippen LogP contribution in [0.5, 0.6) is 0 Å². The summed E-state index contributed by atoms with van der Waals surface area (Å²) in [6, 6.07) is 7.92. The first-order valence-corrected chi connectivity index (χ1v) is 8.42.